The first-order chi connectivity index (χ1) is 8.43. The van der Waals surface area contributed by atoms with E-state index in [9.17, 15) is 13.2 Å². The number of benzene rings is 1. The molecule has 1 rings (SSSR count). The van der Waals surface area contributed by atoms with Gasteiger partial charge in [-0.15, -0.1) is 12.4 Å². The highest BCUT2D eigenvalue weighted by Crippen LogP contribution is 2.29. The lowest BCUT2D eigenvalue weighted by molar-refractivity contribution is -0.137. The van der Waals surface area contributed by atoms with Gasteiger partial charge in [0.2, 0.25) is 0 Å². The maximum Gasteiger partial charge on any atom is 0.416 e. The Morgan fingerprint density at radius 1 is 1.26 bits per heavy atom. The van der Waals surface area contributed by atoms with E-state index in [4.69, 9.17) is 5.11 Å². The summed E-state index contributed by atoms with van der Waals surface area (Å²) in [7, 11) is 1.00. The number of hydrogen-bond donors (Lipinski definition) is 2. The number of hydrogen-bond acceptors (Lipinski definition) is 2. The van der Waals surface area contributed by atoms with Crippen molar-refractivity contribution in [1.29, 1.82) is 0 Å². The van der Waals surface area contributed by atoms with Crippen LogP contribution < -0.4 is 5.32 Å². The van der Waals surface area contributed by atoms with E-state index in [2.05, 4.69) is 5.32 Å². The third-order valence-corrected chi connectivity index (χ3v) is 2.35. The molecule has 0 aliphatic carbocycles. The first kappa shape index (κ1) is 20.5. The highest BCUT2D eigenvalue weighted by Gasteiger charge is 2.30. The predicted molar refractivity (Wildman–Crippen MR) is 73.7 cm³/mol. The van der Waals surface area contributed by atoms with Crippen LogP contribution in [0.3, 0.4) is 0 Å². The maximum atomic E-state index is 12.4. The van der Waals surface area contributed by atoms with Gasteiger partial charge in [-0.05, 0) is 31.5 Å². The van der Waals surface area contributed by atoms with E-state index in [0.29, 0.717) is 12.0 Å². The molecule has 0 aliphatic rings. The largest absolute Gasteiger partial charge is 0.416 e. The van der Waals surface area contributed by atoms with E-state index < -0.39 is 11.7 Å². The minimum atomic E-state index is -4.25. The molecule has 1 unspecified atom stereocenters. The summed E-state index contributed by atoms with van der Waals surface area (Å²) >= 11 is 0. The number of aliphatic hydroxyl groups is 1. The van der Waals surface area contributed by atoms with Crippen molar-refractivity contribution < 1.29 is 18.3 Å². The molecular formula is C13H21ClF3NO. The van der Waals surface area contributed by atoms with Gasteiger partial charge in [0.25, 0.3) is 0 Å². The molecule has 1 aromatic rings. The van der Waals surface area contributed by atoms with Crippen LogP contribution >= 0.6 is 12.4 Å². The van der Waals surface area contributed by atoms with E-state index in [1.807, 2.05) is 13.8 Å². The van der Waals surface area contributed by atoms with Gasteiger partial charge in [-0.2, -0.15) is 13.2 Å². The number of likely N-dealkylation sites (N-methyl/N-ethyl adjacent to an activating group) is 1. The van der Waals surface area contributed by atoms with Crippen molar-refractivity contribution in [3.8, 4) is 0 Å². The van der Waals surface area contributed by atoms with Crippen molar-refractivity contribution in [3.05, 3.63) is 35.4 Å². The Hall–Kier alpha value is -0.780. The van der Waals surface area contributed by atoms with Crippen LogP contribution in [0.2, 0.25) is 0 Å². The molecule has 0 radical (unpaired) electrons. The van der Waals surface area contributed by atoms with Crippen LogP contribution in [0.1, 0.15) is 25.0 Å². The second-order valence-electron chi connectivity index (χ2n) is 3.86. The molecule has 112 valence electrons. The molecule has 19 heavy (non-hydrogen) atoms. The lowest BCUT2D eigenvalue weighted by atomic mass is 10.0. The first-order valence-electron chi connectivity index (χ1n) is 5.77. The molecule has 0 amide bonds. The summed E-state index contributed by atoms with van der Waals surface area (Å²) in [6, 6.07) is 5.68. The summed E-state index contributed by atoms with van der Waals surface area (Å²) in [5, 5.41) is 10.2. The maximum absolute atomic E-state index is 12.4. The summed E-state index contributed by atoms with van der Waals surface area (Å²) in [6.07, 6.45) is -3.64. The Balaban J connectivity index is 0. The molecule has 0 spiro atoms. The molecular weight excluding hydrogens is 279 g/mol. The van der Waals surface area contributed by atoms with Crippen LogP contribution in [0.15, 0.2) is 24.3 Å². The van der Waals surface area contributed by atoms with Gasteiger partial charge in [-0.25, -0.2) is 0 Å². The molecule has 2 N–H and O–H groups in total. The third-order valence-electron chi connectivity index (χ3n) is 2.35. The Kier molecular flexibility index (Phi) is 10.9. The Morgan fingerprint density at radius 2 is 1.84 bits per heavy atom. The van der Waals surface area contributed by atoms with Crippen LogP contribution in [0.4, 0.5) is 13.2 Å². The van der Waals surface area contributed by atoms with Gasteiger partial charge in [0, 0.05) is 13.2 Å². The van der Waals surface area contributed by atoms with Crippen molar-refractivity contribution in [2.75, 3.05) is 13.7 Å². The SMILES string of the molecule is CCNC(C)Cc1cccc(C(F)(F)F)c1.CO.Cl. The van der Waals surface area contributed by atoms with E-state index >= 15 is 0 Å². The number of halogens is 4. The predicted octanol–water partition coefficient (Wildman–Crippen LogP) is 3.28. The average Bonchev–Trinajstić information content (AvgIpc) is 2.31. The fraction of sp³-hybridized carbons (Fsp3) is 0.538. The van der Waals surface area contributed by atoms with Crippen LogP contribution in [0.5, 0.6) is 0 Å². The van der Waals surface area contributed by atoms with E-state index in [1.165, 1.54) is 12.1 Å². The molecule has 0 bridgehead atoms. The van der Waals surface area contributed by atoms with Crippen molar-refractivity contribution in [3.63, 3.8) is 0 Å². The van der Waals surface area contributed by atoms with Gasteiger partial charge in [0.1, 0.15) is 0 Å². The average molecular weight is 300 g/mol. The smallest absolute Gasteiger partial charge is 0.400 e. The molecule has 0 saturated heterocycles. The van der Waals surface area contributed by atoms with Gasteiger partial charge in [0.05, 0.1) is 5.56 Å². The van der Waals surface area contributed by atoms with Crippen LogP contribution in [-0.4, -0.2) is 24.8 Å². The Labute approximate surface area is 118 Å². The molecule has 1 atom stereocenters. The van der Waals surface area contributed by atoms with E-state index in [-0.39, 0.29) is 18.4 Å². The summed E-state index contributed by atoms with van der Waals surface area (Å²) in [4.78, 5) is 0. The Bertz CT molecular complexity index is 345. The third kappa shape index (κ3) is 8.08. The summed E-state index contributed by atoms with van der Waals surface area (Å²) in [5.41, 5.74) is 0.136. The van der Waals surface area contributed by atoms with Crippen molar-refractivity contribution in [1.82, 2.24) is 5.32 Å². The van der Waals surface area contributed by atoms with Crippen molar-refractivity contribution in [2.24, 2.45) is 0 Å². The molecule has 0 aliphatic heterocycles. The molecule has 0 saturated carbocycles. The van der Waals surface area contributed by atoms with Crippen LogP contribution in [0, 0.1) is 0 Å². The minimum Gasteiger partial charge on any atom is -0.400 e. The fourth-order valence-corrected chi connectivity index (χ4v) is 1.65. The lowest BCUT2D eigenvalue weighted by Crippen LogP contribution is -2.27. The number of aliphatic hydroxyl groups excluding tert-OH is 1. The lowest BCUT2D eigenvalue weighted by Gasteiger charge is -2.13. The second-order valence-corrected chi connectivity index (χ2v) is 3.86. The van der Waals surface area contributed by atoms with Crippen molar-refractivity contribution >= 4 is 12.4 Å². The molecule has 0 aromatic heterocycles. The number of rotatable bonds is 4. The fourth-order valence-electron chi connectivity index (χ4n) is 1.65. The minimum absolute atomic E-state index is 0. The second kappa shape index (κ2) is 10.1. The monoisotopic (exact) mass is 299 g/mol. The molecule has 6 heteroatoms. The summed E-state index contributed by atoms with van der Waals surface area (Å²) in [5.74, 6) is 0. The van der Waals surface area contributed by atoms with Gasteiger partial charge in [-0.3, -0.25) is 0 Å². The van der Waals surface area contributed by atoms with Gasteiger partial charge < -0.3 is 10.4 Å². The van der Waals surface area contributed by atoms with Crippen LogP contribution in [-0.2, 0) is 12.6 Å². The van der Waals surface area contributed by atoms with Gasteiger partial charge >= 0.3 is 6.18 Å². The molecule has 2 nitrogen and oxygen atoms in total. The first-order valence-corrected chi connectivity index (χ1v) is 5.77. The zero-order valence-electron chi connectivity index (χ0n) is 11.3. The highest BCUT2D eigenvalue weighted by molar-refractivity contribution is 5.85. The van der Waals surface area contributed by atoms with Gasteiger partial charge in [-0.1, -0.05) is 25.1 Å². The zero-order valence-corrected chi connectivity index (χ0v) is 12.1. The van der Waals surface area contributed by atoms with E-state index in [0.717, 1.165) is 19.7 Å². The molecule has 1 aromatic carbocycles. The quantitative estimate of drug-likeness (QED) is 0.894. The summed E-state index contributed by atoms with van der Waals surface area (Å²) < 4.78 is 37.3. The molecule has 0 fully saturated rings. The van der Waals surface area contributed by atoms with E-state index in [1.54, 1.807) is 6.07 Å². The normalized spacial score (nSPS) is 11.9. The standard InChI is InChI=1S/C12H16F3N.CH4O.ClH/c1-3-16-9(2)7-10-5-4-6-11(8-10)12(13,14)15;1-2;/h4-6,8-9,16H,3,7H2,1-2H3;2H,1H3;1H. The highest BCUT2D eigenvalue weighted by atomic mass is 35.5. The topological polar surface area (TPSA) is 32.3 Å². The zero-order chi connectivity index (χ0) is 14.2. The van der Waals surface area contributed by atoms with Crippen molar-refractivity contribution in [2.45, 2.75) is 32.5 Å². The number of nitrogens with one attached hydrogen (secondary N) is 1. The number of alkyl halides is 3. The Morgan fingerprint density at radius 3 is 2.32 bits per heavy atom. The summed E-state index contributed by atoms with van der Waals surface area (Å²) in [6.45, 7) is 4.76. The van der Waals surface area contributed by atoms with Crippen LogP contribution in [0.25, 0.3) is 0 Å². The molecule has 0 heterocycles. The van der Waals surface area contributed by atoms with Gasteiger partial charge in [0.15, 0.2) is 0 Å².